The van der Waals surface area contributed by atoms with Gasteiger partial charge in [-0.3, -0.25) is 0 Å². The highest BCUT2D eigenvalue weighted by molar-refractivity contribution is 5.80. The zero-order valence-corrected chi connectivity index (χ0v) is 7.42. The number of hydrogen-bond donors (Lipinski definition) is 1. The van der Waals surface area contributed by atoms with Crippen LogP contribution in [0, 0.1) is 12.3 Å². The van der Waals surface area contributed by atoms with E-state index in [1.807, 2.05) is 31.2 Å². The average molecular weight is 163 g/mol. The zero-order chi connectivity index (χ0) is 8.97. The fourth-order valence-electron chi connectivity index (χ4n) is 0.826. The second-order valence-corrected chi connectivity index (χ2v) is 2.88. The molecule has 0 saturated heterocycles. The first-order valence-corrected chi connectivity index (χ1v) is 3.92. The molecule has 0 unspecified atom stereocenters. The number of ether oxygens (including phenoxy) is 1. The fraction of sp³-hybridized carbons (Fsp3) is 0.300. The number of hydrogen-bond acceptors (Lipinski definition) is 2. The summed E-state index contributed by atoms with van der Waals surface area (Å²) in [4.78, 5) is 0. The first kappa shape index (κ1) is 8.78. The lowest BCUT2D eigenvalue weighted by Gasteiger charge is -2.04. The molecular weight excluding hydrogens is 150 g/mol. The molecule has 0 atom stereocenters. The molecule has 0 spiro atoms. The Balaban J connectivity index is 2.53. The normalized spacial score (nSPS) is 9.50. The molecule has 64 valence electrons. The lowest BCUT2D eigenvalue weighted by atomic mass is 10.2. The summed E-state index contributed by atoms with van der Waals surface area (Å²) >= 11 is 0. The van der Waals surface area contributed by atoms with E-state index in [1.165, 1.54) is 5.56 Å². The van der Waals surface area contributed by atoms with Crippen LogP contribution in [0.15, 0.2) is 24.3 Å². The van der Waals surface area contributed by atoms with Crippen molar-refractivity contribution in [3.63, 3.8) is 0 Å². The molecule has 0 aliphatic heterocycles. The third kappa shape index (κ3) is 2.74. The predicted octanol–water partition coefficient (Wildman–Crippen LogP) is 2.41. The van der Waals surface area contributed by atoms with Crippen LogP contribution < -0.4 is 4.74 Å². The van der Waals surface area contributed by atoms with E-state index >= 15 is 0 Å². The van der Waals surface area contributed by atoms with Gasteiger partial charge in [-0.25, -0.2) is 0 Å². The Morgan fingerprint density at radius 3 is 2.42 bits per heavy atom. The molecule has 0 amide bonds. The van der Waals surface area contributed by atoms with Gasteiger partial charge in [0.05, 0.1) is 0 Å². The lowest BCUT2D eigenvalue weighted by molar-refractivity contribution is 0.375. The molecule has 0 aliphatic carbocycles. The van der Waals surface area contributed by atoms with E-state index < -0.39 is 0 Å². The van der Waals surface area contributed by atoms with Crippen molar-refractivity contribution in [2.45, 2.75) is 13.8 Å². The quantitative estimate of drug-likeness (QED) is 0.682. The minimum atomic E-state index is 0.378. The summed E-state index contributed by atoms with van der Waals surface area (Å²) < 4.78 is 5.30. The van der Waals surface area contributed by atoms with Gasteiger partial charge < -0.3 is 10.1 Å². The topological polar surface area (TPSA) is 33.1 Å². The Bertz CT molecular complexity index is 264. The molecule has 0 heterocycles. The number of rotatable bonds is 3. The predicted molar refractivity (Wildman–Crippen MR) is 50.1 cm³/mol. The molecular formula is C10H13NO. The van der Waals surface area contributed by atoms with Gasteiger partial charge in [0.2, 0.25) is 0 Å². The van der Waals surface area contributed by atoms with Gasteiger partial charge in [0.1, 0.15) is 12.4 Å². The van der Waals surface area contributed by atoms with Gasteiger partial charge in [0, 0.05) is 5.71 Å². The SMILES string of the molecule is CC(=N)COc1ccc(C)cc1. The van der Waals surface area contributed by atoms with Crippen LogP contribution in [-0.4, -0.2) is 12.3 Å². The van der Waals surface area contributed by atoms with Crippen LogP contribution in [-0.2, 0) is 0 Å². The van der Waals surface area contributed by atoms with Crippen molar-refractivity contribution in [3.8, 4) is 5.75 Å². The molecule has 1 rings (SSSR count). The Labute approximate surface area is 72.7 Å². The summed E-state index contributed by atoms with van der Waals surface area (Å²) in [5, 5.41) is 7.16. The first-order valence-electron chi connectivity index (χ1n) is 3.92. The highest BCUT2D eigenvalue weighted by Gasteiger charge is 1.92. The van der Waals surface area contributed by atoms with Gasteiger partial charge in [0.15, 0.2) is 0 Å². The van der Waals surface area contributed by atoms with Gasteiger partial charge >= 0.3 is 0 Å². The smallest absolute Gasteiger partial charge is 0.125 e. The molecule has 2 heteroatoms. The third-order valence-corrected chi connectivity index (χ3v) is 1.48. The molecule has 12 heavy (non-hydrogen) atoms. The Kier molecular flexibility index (Phi) is 2.86. The van der Waals surface area contributed by atoms with E-state index in [0.717, 1.165) is 5.75 Å². The van der Waals surface area contributed by atoms with Crippen molar-refractivity contribution in [1.82, 2.24) is 0 Å². The summed E-state index contributed by atoms with van der Waals surface area (Å²) in [6.45, 7) is 4.14. The lowest BCUT2D eigenvalue weighted by Crippen LogP contribution is -2.05. The van der Waals surface area contributed by atoms with E-state index in [1.54, 1.807) is 6.92 Å². The molecule has 0 radical (unpaired) electrons. The van der Waals surface area contributed by atoms with Crippen molar-refractivity contribution in [3.05, 3.63) is 29.8 Å². The van der Waals surface area contributed by atoms with E-state index in [2.05, 4.69) is 0 Å². The monoisotopic (exact) mass is 163 g/mol. The second kappa shape index (κ2) is 3.90. The van der Waals surface area contributed by atoms with Crippen LogP contribution in [0.25, 0.3) is 0 Å². The third-order valence-electron chi connectivity index (χ3n) is 1.48. The van der Waals surface area contributed by atoms with Crippen molar-refractivity contribution in [2.24, 2.45) is 0 Å². The molecule has 0 fully saturated rings. The highest BCUT2D eigenvalue weighted by atomic mass is 16.5. The van der Waals surface area contributed by atoms with Crippen molar-refractivity contribution in [1.29, 1.82) is 5.41 Å². The molecule has 0 saturated carbocycles. The van der Waals surface area contributed by atoms with Crippen LogP contribution in [0.1, 0.15) is 12.5 Å². The van der Waals surface area contributed by atoms with Crippen molar-refractivity contribution < 1.29 is 4.74 Å². The summed E-state index contributed by atoms with van der Waals surface area (Å²) in [7, 11) is 0. The fourth-order valence-corrected chi connectivity index (χ4v) is 0.826. The number of nitrogens with one attached hydrogen (secondary N) is 1. The Morgan fingerprint density at radius 2 is 1.92 bits per heavy atom. The summed E-state index contributed by atoms with van der Waals surface area (Å²) in [6.07, 6.45) is 0. The maximum absolute atomic E-state index is 7.16. The van der Waals surface area contributed by atoms with Gasteiger partial charge in [-0.2, -0.15) is 0 Å². The molecule has 2 nitrogen and oxygen atoms in total. The molecule has 0 aromatic heterocycles. The zero-order valence-electron chi connectivity index (χ0n) is 7.42. The van der Waals surface area contributed by atoms with Crippen LogP contribution in [0.4, 0.5) is 0 Å². The molecule has 1 aromatic carbocycles. The standard InChI is InChI=1S/C10H13NO/c1-8-3-5-10(6-4-8)12-7-9(2)11/h3-6,11H,7H2,1-2H3. The first-order chi connectivity index (χ1) is 5.68. The molecule has 0 bridgehead atoms. The van der Waals surface area contributed by atoms with E-state index in [0.29, 0.717) is 12.3 Å². The van der Waals surface area contributed by atoms with Crippen LogP contribution in [0.2, 0.25) is 0 Å². The van der Waals surface area contributed by atoms with Crippen molar-refractivity contribution >= 4 is 5.71 Å². The van der Waals surface area contributed by atoms with Crippen LogP contribution in [0.5, 0.6) is 5.75 Å². The van der Waals surface area contributed by atoms with Gasteiger partial charge in [-0.1, -0.05) is 17.7 Å². The van der Waals surface area contributed by atoms with Gasteiger partial charge in [0.25, 0.3) is 0 Å². The number of aryl methyl sites for hydroxylation is 1. The second-order valence-electron chi connectivity index (χ2n) is 2.88. The Hall–Kier alpha value is -1.31. The largest absolute Gasteiger partial charge is 0.488 e. The molecule has 0 aliphatic rings. The van der Waals surface area contributed by atoms with E-state index in [4.69, 9.17) is 10.1 Å². The summed E-state index contributed by atoms with van der Waals surface area (Å²) in [5.41, 5.74) is 1.75. The maximum Gasteiger partial charge on any atom is 0.125 e. The van der Waals surface area contributed by atoms with Gasteiger partial charge in [-0.15, -0.1) is 0 Å². The minimum absolute atomic E-state index is 0.378. The molecule has 1 aromatic rings. The van der Waals surface area contributed by atoms with Crippen molar-refractivity contribution in [2.75, 3.05) is 6.61 Å². The maximum atomic E-state index is 7.16. The molecule has 1 N–H and O–H groups in total. The summed E-state index contributed by atoms with van der Waals surface area (Å²) in [5.74, 6) is 0.826. The van der Waals surface area contributed by atoms with Crippen LogP contribution in [0.3, 0.4) is 0 Å². The number of benzene rings is 1. The highest BCUT2D eigenvalue weighted by Crippen LogP contribution is 2.10. The van der Waals surface area contributed by atoms with Gasteiger partial charge in [-0.05, 0) is 26.0 Å². The van der Waals surface area contributed by atoms with Crippen LogP contribution >= 0.6 is 0 Å². The Morgan fingerprint density at radius 1 is 1.33 bits per heavy atom. The minimum Gasteiger partial charge on any atom is -0.488 e. The average Bonchev–Trinajstić information content (AvgIpc) is 2.03. The van der Waals surface area contributed by atoms with E-state index in [9.17, 15) is 0 Å². The van der Waals surface area contributed by atoms with E-state index in [-0.39, 0.29) is 0 Å². The summed E-state index contributed by atoms with van der Waals surface area (Å²) in [6, 6.07) is 7.82.